The van der Waals surface area contributed by atoms with Gasteiger partial charge in [0.25, 0.3) is 0 Å². The lowest BCUT2D eigenvalue weighted by atomic mass is 10.1. The summed E-state index contributed by atoms with van der Waals surface area (Å²) in [5.74, 6) is 1.38. The van der Waals surface area contributed by atoms with E-state index in [0.29, 0.717) is 11.4 Å². The summed E-state index contributed by atoms with van der Waals surface area (Å²) in [6.45, 7) is 0.206. The number of para-hydroxylation sites is 1. The highest BCUT2D eigenvalue weighted by molar-refractivity contribution is 9.10. The van der Waals surface area contributed by atoms with Crippen molar-refractivity contribution < 1.29 is 14.1 Å². The number of ether oxygens (including phenoxy) is 1. The zero-order valence-corrected chi connectivity index (χ0v) is 16.1. The predicted octanol–water partition coefficient (Wildman–Crippen LogP) is 5.57. The molecule has 0 aliphatic carbocycles. The van der Waals surface area contributed by atoms with E-state index in [2.05, 4.69) is 15.9 Å². The number of carbonyl (C=O) groups excluding carboxylic acids is 1. The summed E-state index contributed by atoms with van der Waals surface area (Å²) in [7, 11) is 0. The van der Waals surface area contributed by atoms with Crippen molar-refractivity contribution in [2.24, 2.45) is 0 Å². The lowest BCUT2D eigenvalue weighted by Crippen LogP contribution is -2.40. The maximum atomic E-state index is 12.8. The lowest BCUT2D eigenvalue weighted by molar-refractivity contribution is -0.661. The van der Waals surface area contributed by atoms with Crippen molar-refractivity contribution >= 4 is 32.6 Å². The maximum Gasteiger partial charge on any atom is 0.374 e. The maximum absolute atomic E-state index is 12.8. The molecule has 0 aliphatic rings. The number of aromatic nitrogens is 1. The number of hydrogen-bond acceptors (Lipinski definition) is 2. The first-order chi connectivity index (χ1) is 13.2. The molecule has 0 unspecified atom stereocenters. The Balaban J connectivity index is 1.75. The van der Waals surface area contributed by atoms with Gasteiger partial charge in [0, 0.05) is 21.5 Å². The fourth-order valence-corrected chi connectivity index (χ4v) is 3.24. The number of carbonyl (C=O) groups is 1. The summed E-state index contributed by atoms with van der Waals surface area (Å²) in [5, 5.41) is 1.06. The van der Waals surface area contributed by atoms with Crippen LogP contribution >= 0.6 is 15.9 Å². The molecule has 0 spiro atoms. The molecule has 4 heteroatoms. The molecule has 0 N–H and O–H groups in total. The zero-order valence-electron chi connectivity index (χ0n) is 14.5. The third-order valence-electron chi connectivity index (χ3n) is 4.33. The highest BCUT2D eigenvalue weighted by Gasteiger charge is 2.22. The molecule has 1 heterocycles. The third kappa shape index (κ3) is 3.91. The van der Waals surface area contributed by atoms with Crippen LogP contribution in [0.5, 0.6) is 11.6 Å². The van der Waals surface area contributed by atoms with E-state index >= 15 is 0 Å². The van der Waals surface area contributed by atoms with Crippen molar-refractivity contribution in [2.75, 3.05) is 0 Å². The minimum atomic E-state index is 0.0395. The van der Waals surface area contributed by atoms with Crippen LogP contribution in [0.4, 0.5) is 0 Å². The van der Waals surface area contributed by atoms with E-state index in [9.17, 15) is 4.79 Å². The molecule has 4 aromatic rings. The van der Waals surface area contributed by atoms with E-state index in [1.807, 2.05) is 95.6 Å². The predicted molar refractivity (Wildman–Crippen MR) is 109 cm³/mol. The Labute approximate surface area is 166 Å². The summed E-state index contributed by atoms with van der Waals surface area (Å²) in [6, 6.07) is 28.9. The Morgan fingerprint density at radius 1 is 0.815 bits per heavy atom. The molecule has 132 valence electrons. The highest BCUT2D eigenvalue weighted by Crippen LogP contribution is 2.23. The van der Waals surface area contributed by atoms with Gasteiger partial charge in [-0.05, 0) is 36.4 Å². The Bertz CT molecular complexity index is 1090. The van der Waals surface area contributed by atoms with Gasteiger partial charge in [-0.15, -0.1) is 0 Å². The van der Waals surface area contributed by atoms with E-state index in [0.717, 1.165) is 21.1 Å². The van der Waals surface area contributed by atoms with Crippen LogP contribution in [-0.4, -0.2) is 5.78 Å². The number of halogens is 1. The largest absolute Gasteiger partial charge is 0.405 e. The SMILES string of the molecule is O=C(C[n+]1c(Oc2ccc(Br)cc2)ccc2ccccc21)c1ccccc1. The fourth-order valence-electron chi connectivity index (χ4n) is 2.98. The van der Waals surface area contributed by atoms with Gasteiger partial charge in [-0.2, -0.15) is 4.57 Å². The molecule has 3 aromatic carbocycles. The first-order valence-electron chi connectivity index (χ1n) is 8.64. The number of rotatable bonds is 5. The molecule has 3 nitrogen and oxygen atoms in total. The van der Waals surface area contributed by atoms with Gasteiger partial charge in [0.1, 0.15) is 5.75 Å². The molecular weight excluding hydrogens is 402 g/mol. The molecule has 0 fully saturated rings. The summed E-state index contributed by atoms with van der Waals surface area (Å²) in [4.78, 5) is 12.8. The van der Waals surface area contributed by atoms with E-state index in [-0.39, 0.29) is 12.3 Å². The van der Waals surface area contributed by atoms with Crippen molar-refractivity contribution in [1.82, 2.24) is 0 Å². The Hall–Kier alpha value is -2.98. The number of fused-ring (bicyclic) bond motifs is 1. The average Bonchev–Trinajstić information content (AvgIpc) is 2.72. The van der Waals surface area contributed by atoms with Gasteiger partial charge in [-0.3, -0.25) is 4.79 Å². The van der Waals surface area contributed by atoms with Crippen LogP contribution in [0.3, 0.4) is 0 Å². The molecule has 27 heavy (non-hydrogen) atoms. The molecule has 0 bridgehead atoms. The van der Waals surface area contributed by atoms with Gasteiger partial charge >= 0.3 is 5.88 Å². The molecule has 0 aliphatic heterocycles. The van der Waals surface area contributed by atoms with Crippen molar-refractivity contribution in [1.29, 1.82) is 0 Å². The molecule has 0 saturated heterocycles. The molecule has 0 atom stereocenters. The highest BCUT2D eigenvalue weighted by atomic mass is 79.9. The first-order valence-corrected chi connectivity index (χ1v) is 9.43. The van der Waals surface area contributed by atoms with Crippen LogP contribution in [0.25, 0.3) is 10.9 Å². The second-order valence-electron chi connectivity index (χ2n) is 6.16. The molecular formula is C23H17BrNO2+. The molecule has 4 rings (SSSR count). The van der Waals surface area contributed by atoms with Gasteiger partial charge in [0.15, 0.2) is 0 Å². The summed E-state index contributed by atoms with van der Waals surface area (Å²) < 4.78 is 9.01. The second-order valence-corrected chi connectivity index (χ2v) is 7.08. The van der Waals surface area contributed by atoms with E-state index in [1.165, 1.54) is 0 Å². The Kier molecular flexibility index (Phi) is 4.99. The number of Topliss-reactive ketones (excluding diaryl/α,β-unsaturated/α-hetero) is 1. The normalized spacial score (nSPS) is 10.7. The van der Waals surface area contributed by atoms with Crippen molar-refractivity contribution in [3.8, 4) is 11.6 Å². The van der Waals surface area contributed by atoms with E-state index < -0.39 is 0 Å². The monoisotopic (exact) mass is 418 g/mol. The van der Waals surface area contributed by atoms with Crippen molar-refractivity contribution in [3.63, 3.8) is 0 Å². The molecule has 1 aromatic heterocycles. The fraction of sp³-hybridized carbons (Fsp3) is 0.0435. The van der Waals surface area contributed by atoms with E-state index in [1.54, 1.807) is 0 Å². The second kappa shape index (κ2) is 7.72. The third-order valence-corrected chi connectivity index (χ3v) is 4.86. The number of nitrogens with zero attached hydrogens (tertiary/aromatic N) is 1. The van der Waals surface area contributed by atoms with Gasteiger partial charge < -0.3 is 4.74 Å². The number of ketones is 1. The minimum absolute atomic E-state index is 0.0395. The summed E-state index contributed by atoms with van der Waals surface area (Å²) >= 11 is 3.43. The van der Waals surface area contributed by atoms with Gasteiger partial charge in [0.2, 0.25) is 17.8 Å². The van der Waals surface area contributed by atoms with Gasteiger partial charge in [-0.25, -0.2) is 0 Å². The standard InChI is InChI=1S/C23H17BrNO2/c24-19-11-13-20(14-12-19)27-23-15-10-17-6-4-5-9-21(17)25(23)16-22(26)18-7-2-1-3-8-18/h1-15H,16H2/q+1. The van der Waals surface area contributed by atoms with Crippen molar-refractivity contribution in [2.45, 2.75) is 6.54 Å². The van der Waals surface area contributed by atoms with Crippen LogP contribution in [0.15, 0.2) is 95.5 Å². The number of pyridine rings is 1. The minimum Gasteiger partial charge on any atom is -0.405 e. The van der Waals surface area contributed by atoms with Crippen LogP contribution in [-0.2, 0) is 6.54 Å². The Morgan fingerprint density at radius 3 is 2.30 bits per heavy atom. The van der Waals surface area contributed by atoms with Crippen molar-refractivity contribution in [3.05, 3.63) is 101 Å². The topological polar surface area (TPSA) is 30.2 Å². The van der Waals surface area contributed by atoms with Gasteiger partial charge in [0.05, 0.1) is 6.07 Å². The smallest absolute Gasteiger partial charge is 0.374 e. The molecule has 0 saturated carbocycles. The molecule has 0 radical (unpaired) electrons. The first kappa shape index (κ1) is 17.4. The van der Waals surface area contributed by atoms with Crippen LogP contribution in [0.2, 0.25) is 0 Å². The van der Waals surface area contributed by atoms with Gasteiger partial charge in [-0.1, -0.05) is 58.4 Å². The summed E-state index contributed by atoms with van der Waals surface area (Å²) in [6.07, 6.45) is 0. The Morgan fingerprint density at radius 2 is 1.52 bits per heavy atom. The average molecular weight is 419 g/mol. The van der Waals surface area contributed by atoms with Crippen LogP contribution in [0.1, 0.15) is 10.4 Å². The van der Waals surface area contributed by atoms with Crippen LogP contribution in [0, 0.1) is 0 Å². The summed E-state index contributed by atoms with van der Waals surface area (Å²) in [5.41, 5.74) is 1.64. The zero-order chi connectivity index (χ0) is 18.6. The lowest BCUT2D eigenvalue weighted by Gasteiger charge is -2.08. The number of benzene rings is 3. The van der Waals surface area contributed by atoms with E-state index in [4.69, 9.17) is 4.74 Å². The quantitative estimate of drug-likeness (QED) is 0.313. The number of hydrogen-bond donors (Lipinski definition) is 0. The molecule has 0 amide bonds. The van der Waals surface area contributed by atoms with Crippen LogP contribution < -0.4 is 9.30 Å².